The smallest absolute Gasteiger partial charge is 0.241 e. The highest BCUT2D eigenvalue weighted by Crippen LogP contribution is 2.44. The average Bonchev–Trinajstić information content (AvgIpc) is 3.53. The number of halogens is 1. The van der Waals surface area contributed by atoms with E-state index in [9.17, 15) is 14.4 Å². The van der Waals surface area contributed by atoms with Crippen LogP contribution in [0.2, 0.25) is 5.02 Å². The van der Waals surface area contributed by atoms with Crippen LogP contribution < -0.4 is 10.2 Å². The number of piperazine rings is 1. The summed E-state index contributed by atoms with van der Waals surface area (Å²) in [6, 6.07) is 13.5. The number of piperidine rings is 1. The summed E-state index contributed by atoms with van der Waals surface area (Å²) >= 11 is 6.72. The van der Waals surface area contributed by atoms with E-state index in [0.29, 0.717) is 24.4 Å². The van der Waals surface area contributed by atoms with Crippen LogP contribution in [0.15, 0.2) is 42.5 Å². The molecule has 0 radical (unpaired) electrons. The fourth-order valence-electron chi connectivity index (χ4n) is 4.73. The van der Waals surface area contributed by atoms with Gasteiger partial charge >= 0.3 is 0 Å². The van der Waals surface area contributed by atoms with Crippen LogP contribution >= 0.6 is 11.6 Å². The molecule has 3 fully saturated rings. The first-order valence-corrected chi connectivity index (χ1v) is 11.0. The van der Waals surface area contributed by atoms with Crippen molar-refractivity contribution in [3.05, 3.63) is 53.1 Å². The van der Waals surface area contributed by atoms with Crippen LogP contribution in [-0.4, -0.2) is 48.3 Å². The van der Waals surface area contributed by atoms with E-state index in [4.69, 9.17) is 11.6 Å². The van der Waals surface area contributed by atoms with Crippen LogP contribution in [0.1, 0.15) is 37.2 Å². The Hall–Kier alpha value is -2.70. The molecule has 2 heterocycles. The third-order valence-corrected chi connectivity index (χ3v) is 7.32. The largest absolute Gasteiger partial charge is 0.309 e. The van der Waals surface area contributed by atoms with Crippen molar-refractivity contribution in [2.24, 2.45) is 0 Å². The lowest BCUT2D eigenvalue weighted by Gasteiger charge is -2.39. The number of anilines is 1. The first-order valence-electron chi connectivity index (χ1n) is 10.6. The van der Waals surface area contributed by atoms with Gasteiger partial charge in [0, 0.05) is 29.8 Å². The van der Waals surface area contributed by atoms with E-state index in [1.165, 1.54) is 0 Å². The second-order valence-electron chi connectivity index (χ2n) is 8.82. The molecule has 1 unspecified atom stereocenters. The van der Waals surface area contributed by atoms with Gasteiger partial charge in [0.1, 0.15) is 0 Å². The van der Waals surface area contributed by atoms with Gasteiger partial charge in [-0.3, -0.25) is 24.6 Å². The average molecular weight is 438 g/mol. The second kappa shape index (κ2) is 7.46. The molecule has 6 nitrogen and oxygen atoms in total. The number of nitrogens with one attached hydrogen (secondary N) is 1. The van der Waals surface area contributed by atoms with Gasteiger partial charge in [0.25, 0.3) is 0 Å². The molecule has 1 spiro atoms. The third-order valence-electron chi connectivity index (χ3n) is 6.90. The van der Waals surface area contributed by atoms with Crippen molar-refractivity contribution in [1.29, 1.82) is 0 Å². The van der Waals surface area contributed by atoms with E-state index in [-0.39, 0.29) is 23.3 Å². The number of hydrogen-bond donors (Lipinski definition) is 1. The molecule has 2 aromatic carbocycles. The number of hydrogen-bond acceptors (Lipinski definition) is 4. The van der Waals surface area contributed by atoms with Crippen LogP contribution in [0.3, 0.4) is 0 Å². The lowest BCUT2D eigenvalue weighted by molar-refractivity contribution is -0.134. The Kier molecular flexibility index (Phi) is 4.87. The number of carbonyl (C=O) groups is 3. The van der Waals surface area contributed by atoms with E-state index in [1.807, 2.05) is 54.4 Å². The van der Waals surface area contributed by atoms with Crippen molar-refractivity contribution in [3.8, 4) is 11.1 Å². The van der Waals surface area contributed by atoms with Crippen molar-refractivity contribution in [2.75, 3.05) is 25.0 Å². The Balaban J connectivity index is 1.41. The van der Waals surface area contributed by atoms with Gasteiger partial charge in [0.2, 0.25) is 17.7 Å². The Morgan fingerprint density at radius 3 is 2.48 bits per heavy atom. The molecule has 1 saturated carbocycles. The van der Waals surface area contributed by atoms with Crippen molar-refractivity contribution < 1.29 is 14.4 Å². The quantitative estimate of drug-likeness (QED) is 0.748. The highest BCUT2D eigenvalue weighted by Gasteiger charge is 2.51. The normalized spacial score (nSPS) is 23.2. The first kappa shape index (κ1) is 20.2. The lowest BCUT2D eigenvalue weighted by Crippen LogP contribution is -2.56. The van der Waals surface area contributed by atoms with Crippen LogP contribution in [0, 0.1) is 0 Å². The summed E-state index contributed by atoms with van der Waals surface area (Å²) in [6.45, 7) is 1.18. The molecule has 2 aromatic rings. The van der Waals surface area contributed by atoms with Gasteiger partial charge in [0.15, 0.2) is 0 Å². The summed E-state index contributed by atoms with van der Waals surface area (Å²) in [5, 5.41) is 2.92. The number of likely N-dealkylation sites (N-methyl/N-ethyl adjacent to an activating group) is 1. The minimum atomic E-state index is -0.429. The van der Waals surface area contributed by atoms with E-state index in [1.54, 1.807) is 0 Å². The number of carbonyl (C=O) groups excluding carboxylic acids is 3. The summed E-state index contributed by atoms with van der Waals surface area (Å²) in [7, 11) is 2.03. The van der Waals surface area contributed by atoms with Crippen molar-refractivity contribution in [2.45, 2.75) is 37.1 Å². The molecule has 3 amide bonds. The number of benzene rings is 2. The van der Waals surface area contributed by atoms with E-state index in [0.717, 1.165) is 41.8 Å². The lowest BCUT2D eigenvalue weighted by atomic mass is 9.88. The maximum absolute atomic E-state index is 12.6. The molecule has 2 aliphatic heterocycles. The molecular weight excluding hydrogens is 414 g/mol. The number of amides is 3. The Morgan fingerprint density at radius 1 is 1.06 bits per heavy atom. The minimum absolute atomic E-state index is 0.116. The SMILES string of the molecule is CN1CC(=O)N(c2ccc(-c3cccc(C4CCC(=O)NC4=O)c3Cl)cc2)CC12CC2. The van der Waals surface area contributed by atoms with Crippen molar-refractivity contribution in [1.82, 2.24) is 10.2 Å². The Morgan fingerprint density at radius 2 is 1.81 bits per heavy atom. The fourth-order valence-corrected chi connectivity index (χ4v) is 5.10. The van der Waals surface area contributed by atoms with Gasteiger partial charge in [-0.05, 0) is 49.6 Å². The monoisotopic (exact) mass is 437 g/mol. The van der Waals surface area contributed by atoms with Crippen LogP contribution in [0.4, 0.5) is 5.69 Å². The zero-order valence-corrected chi connectivity index (χ0v) is 18.1. The molecule has 1 aliphatic carbocycles. The van der Waals surface area contributed by atoms with Crippen molar-refractivity contribution >= 4 is 35.0 Å². The van der Waals surface area contributed by atoms with E-state index in [2.05, 4.69) is 10.2 Å². The molecule has 7 heteroatoms. The fraction of sp³-hybridized carbons (Fsp3) is 0.375. The highest BCUT2D eigenvalue weighted by atomic mass is 35.5. The molecule has 31 heavy (non-hydrogen) atoms. The summed E-state index contributed by atoms with van der Waals surface area (Å²) in [6.07, 6.45) is 3.04. The summed E-state index contributed by atoms with van der Waals surface area (Å²) in [5.74, 6) is -0.850. The zero-order chi connectivity index (χ0) is 21.8. The molecule has 2 saturated heterocycles. The molecular formula is C24H24ClN3O3. The number of imide groups is 1. The van der Waals surface area contributed by atoms with Gasteiger partial charge in [0.05, 0.1) is 17.5 Å². The summed E-state index contributed by atoms with van der Waals surface area (Å²) < 4.78 is 0. The number of rotatable bonds is 3. The van der Waals surface area contributed by atoms with E-state index >= 15 is 0 Å². The zero-order valence-electron chi connectivity index (χ0n) is 17.4. The Bertz CT molecular complexity index is 1080. The maximum Gasteiger partial charge on any atom is 0.241 e. The van der Waals surface area contributed by atoms with E-state index < -0.39 is 5.92 Å². The van der Waals surface area contributed by atoms with Crippen LogP contribution in [-0.2, 0) is 14.4 Å². The molecule has 160 valence electrons. The molecule has 1 atom stereocenters. The van der Waals surface area contributed by atoms with Gasteiger partial charge < -0.3 is 4.90 Å². The molecule has 5 rings (SSSR count). The standard InChI is InChI=1S/C24H24ClN3O3/c1-27-13-21(30)28(14-24(27)11-12-24)16-7-5-15(6-8-16)17-3-2-4-18(22(17)25)19-9-10-20(29)26-23(19)31/h2-8,19H,9-14H2,1H3,(H,26,29,31). The van der Waals surface area contributed by atoms with Gasteiger partial charge in [-0.2, -0.15) is 0 Å². The molecule has 0 bridgehead atoms. The summed E-state index contributed by atoms with van der Waals surface area (Å²) in [5.41, 5.74) is 3.53. The predicted molar refractivity (Wildman–Crippen MR) is 119 cm³/mol. The maximum atomic E-state index is 12.6. The first-order chi connectivity index (χ1) is 14.9. The third kappa shape index (κ3) is 3.54. The van der Waals surface area contributed by atoms with Crippen LogP contribution in [0.5, 0.6) is 0 Å². The topological polar surface area (TPSA) is 69.7 Å². The van der Waals surface area contributed by atoms with Gasteiger partial charge in [-0.15, -0.1) is 0 Å². The second-order valence-corrected chi connectivity index (χ2v) is 9.20. The Labute approximate surface area is 186 Å². The highest BCUT2D eigenvalue weighted by molar-refractivity contribution is 6.34. The molecule has 3 aliphatic rings. The minimum Gasteiger partial charge on any atom is -0.309 e. The van der Waals surface area contributed by atoms with Gasteiger partial charge in [-0.1, -0.05) is 41.9 Å². The molecule has 0 aromatic heterocycles. The van der Waals surface area contributed by atoms with Gasteiger partial charge in [-0.25, -0.2) is 0 Å². The summed E-state index contributed by atoms with van der Waals surface area (Å²) in [4.78, 5) is 40.5. The van der Waals surface area contributed by atoms with Crippen LogP contribution in [0.25, 0.3) is 11.1 Å². The van der Waals surface area contributed by atoms with Crippen molar-refractivity contribution in [3.63, 3.8) is 0 Å². The number of nitrogens with zero attached hydrogens (tertiary/aromatic N) is 2. The predicted octanol–water partition coefficient (Wildman–Crippen LogP) is 3.34. The molecule has 1 N–H and O–H groups in total.